The van der Waals surface area contributed by atoms with Crippen LogP contribution < -0.4 is 36.7 Å². The van der Waals surface area contributed by atoms with Gasteiger partial charge in [0.25, 0.3) is 5.91 Å². The molecule has 0 saturated carbocycles. The van der Waals surface area contributed by atoms with Gasteiger partial charge in [0, 0.05) is 26.4 Å². The first-order valence-electron chi connectivity index (χ1n) is 21.7. The van der Waals surface area contributed by atoms with Crippen LogP contribution in [0.3, 0.4) is 0 Å². The minimum absolute atomic E-state index is 0.0123. The zero-order valence-electron chi connectivity index (χ0n) is 38.5. The maximum Gasteiger partial charge on any atom is 0.394 e. The molecule has 1 aromatic rings. The van der Waals surface area contributed by atoms with Gasteiger partial charge in [0.15, 0.2) is 0 Å². The van der Waals surface area contributed by atoms with E-state index in [4.69, 9.17) is 9.47 Å². The fraction of sp³-hybridized carbons (Fsp3) is 0.674. The quantitative estimate of drug-likeness (QED) is 0.105. The lowest BCUT2D eigenvalue weighted by Gasteiger charge is -2.41. The van der Waals surface area contributed by atoms with Gasteiger partial charge in [-0.2, -0.15) is 13.2 Å². The van der Waals surface area contributed by atoms with Crippen molar-refractivity contribution >= 4 is 47.8 Å². The van der Waals surface area contributed by atoms with E-state index in [1.165, 1.54) is 45.3 Å². The summed E-state index contributed by atoms with van der Waals surface area (Å²) in [7, 11) is 2.70. The number of carbonyl (C=O) groups is 8. The molecule has 2 aliphatic heterocycles. The first-order chi connectivity index (χ1) is 30.4. The summed E-state index contributed by atoms with van der Waals surface area (Å²) >= 11 is 0. The molecule has 7 N–H and O–H groups in total. The monoisotopic (exact) mass is 926 g/mol. The van der Waals surface area contributed by atoms with Crippen molar-refractivity contribution in [1.82, 2.24) is 41.9 Å². The van der Waals surface area contributed by atoms with E-state index in [9.17, 15) is 56.6 Å². The third-order valence-corrected chi connectivity index (χ3v) is 11.7. The van der Waals surface area contributed by atoms with Gasteiger partial charge in [-0.25, -0.2) is 10.2 Å². The lowest BCUT2D eigenvalue weighted by molar-refractivity contribution is -0.187. The van der Waals surface area contributed by atoms with Crippen LogP contribution in [0.4, 0.5) is 13.2 Å². The highest BCUT2D eigenvalue weighted by atomic mass is 19.4. The number of fused-ring (bicyclic) bond motifs is 1. The van der Waals surface area contributed by atoms with E-state index in [0.717, 1.165) is 4.90 Å². The number of hydrogen-bond acceptors (Lipinski definition) is 12. The molecule has 2 saturated heterocycles. The van der Waals surface area contributed by atoms with Crippen LogP contribution in [-0.2, 0) is 49.5 Å². The molecule has 1 aromatic carbocycles. The Hall–Kier alpha value is -5.51. The summed E-state index contributed by atoms with van der Waals surface area (Å²) in [5.41, 5.74) is 2.87. The molecule has 3 rings (SSSR count). The van der Waals surface area contributed by atoms with Crippen molar-refractivity contribution in [1.29, 1.82) is 0 Å². The van der Waals surface area contributed by atoms with Gasteiger partial charge in [0.1, 0.15) is 54.1 Å². The number of β-amino-alcohol motifs (C(OH)–C–C–N with tert-alkyl or cyclic N) is 1. The van der Waals surface area contributed by atoms with E-state index < -0.39 is 133 Å². The molecule has 11 atom stereocenters. The van der Waals surface area contributed by atoms with Gasteiger partial charge in [0.2, 0.25) is 35.9 Å². The normalized spacial score (nSPS) is 27.1. The zero-order chi connectivity index (χ0) is 49.1. The van der Waals surface area contributed by atoms with Gasteiger partial charge in [-0.1, -0.05) is 67.0 Å². The van der Waals surface area contributed by atoms with Crippen molar-refractivity contribution < 1.29 is 66.1 Å². The van der Waals surface area contributed by atoms with Crippen LogP contribution in [0.15, 0.2) is 24.3 Å². The molecule has 11 unspecified atom stereocenters. The number of aliphatic hydroxyl groups is 1. The van der Waals surface area contributed by atoms with Crippen LogP contribution in [0.5, 0.6) is 5.75 Å². The van der Waals surface area contributed by atoms with Crippen molar-refractivity contribution in [3.63, 3.8) is 0 Å². The van der Waals surface area contributed by atoms with E-state index in [0.29, 0.717) is 36.1 Å². The van der Waals surface area contributed by atoms with Crippen molar-refractivity contribution in [2.45, 2.75) is 142 Å². The number of halogens is 3. The molecule has 65 heavy (non-hydrogen) atoms. The lowest BCUT2D eigenvalue weighted by atomic mass is 9.96. The predicted octanol–water partition coefficient (Wildman–Crippen LogP) is 0.477. The second-order valence-corrected chi connectivity index (χ2v) is 17.5. The average molecular weight is 927 g/mol. The fourth-order valence-electron chi connectivity index (χ4n) is 7.67. The number of ether oxygens (including phenoxy) is 2. The molecule has 0 radical (unpaired) electrons. The minimum Gasteiger partial charge on any atom is -0.497 e. The second kappa shape index (κ2) is 23.6. The van der Waals surface area contributed by atoms with Crippen LogP contribution >= 0.6 is 0 Å². The highest BCUT2D eigenvalue weighted by molar-refractivity contribution is 5.98. The summed E-state index contributed by atoms with van der Waals surface area (Å²) in [6.45, 7) is 11.6. The van der Waals surface area contributed by atoms with Crippen molar-refractivity contribution in [2.75, 3.05) is 20.7 Å². The van der Waals surface area contributed by atoms with Gasteiger partial charge in [-0.05, 0) is 48.8 Å². The summed E-state index contributed by atoms with van der Waals surface area (Å²) < 4.78 is 55.1. The first-order valence-corrected chi connectivity index (χ1v) is 21.7. The number of likely N-dealkylation sites (N-methyl/N-ethyl adjacent to an activating group) is 1. The van der Waals surface area contributed by atoms with Crippen molar-refractivity contribution in [3.8, 4) is 5.75 Å². The highest BCUT2D eigenvalue weighted by Gasteiger charge is 2.50. The number of hydrogen-bond donors (Lipinski definition) is 7. The second-order valence-electron chi connectivity index (χ2n) is 17.5. The standard InChI is InChI=1S/C43H65F3N8O11/c1-11-23(6)32(47-20-55)38(59)52-34-25(8)65-42(63)35(22(4)5)53(9)40(61)30(16-21(2)3)50-37(58)31-18-27(56)19-48-54(31)41(62)33(24(7)43(44,45)46)51-36(57)29(49-39(34)60)17-26-12-14-28(64-10)15-13-26/h12-15,20-25,27,29-35,48,56H,11,16-19H2,1-10H3,(H,47,55)(H,49,60)(H,50,58)(H,51,57)(H,52,59). The zero-order valence-corrected chi connectivity index (χ0v) is 38.5. The first kappa shape index (κ1) is 53.8. The molecule has 0 bridgehead atoms. The number of hydrazine groups is 1. The van der Waals surface area contributed by atoms with E-state index in [2.05, 4.69) is 32.0 Å². The maximum absolute atomic E-state index is 14.7. The van der Waals surface area contributed by atoms with Crippen LogP contribution in [0.2, 0.25) is 0 Å². The Morgan fingerprint density at radius 2 is 1.57 bits per heavy atom. The number of methoxy groups -OCH3 is 1. The Kier molecular flexibility index (Phi) is 19.6. The Morgan fingerprint density at radius 3 is 2.11 bits per heavy atom. The largest absolute Gasteiger partial charge is 0.497 e. The third-order valence-electron chi connectivity index (χ3n) is 11.7. The molecule has 22 heteroatoms. The van der Waals surface area contributed by atoms with E-state index in [-0.39, 0.29) is 18.9 Å². The van der Waals surface area contributed by atoms with Crippen LogP contribution in [0, 0.1) is 23.7 Å². The molecule has 0 aromatic heterocycles. The smallest absolute Gasteiger partial charge is 0.394 e. The molecule has 0 aliphatic carbocycles. The Bertz CT molecular complexity index is 1850. The SMILES string of the molecule is CCC(C)C(NC=O)C(=O)NC1C(=O)NC(Cc2ccc(OC)cc2)C(=O)NC(C(C)C(F)(F)F)C(=O)N2NCC(O)CC2C(=O)NC(CC(C)C)C(=O)N(C)C(C(C)C)C(=O)OC1C. The topological polar surface area (TPSA) is 254 Å². The summed E-state index contributed by atoms with van der Waals surface area (Å²) in [6.07, 6.45) is -8.18. The van der Waals surface area contributed by atoms with Gasteiger partial charge in [-0.15, -0.1) is 0 Å². The molecule has 7 amide bonds. The number of esters is 1. The van der Waals surface area contributed by atoms with Crippen LogP contribution in [0.25, 0.3) is 0 Å². The molecule has 19 nitrogen and oxygen atoms in total. The van der Waals surface area contributed by atoms with E-state index in [1.54, 1.807) is 41.5 Å². The van der Waals surface area contributed by atoms with Crippen molar-refractivity contribution in [3.05, 3.63) is 29.8 Å². The van der Waals surface area contributed by atoms with Crippen molar-refractivity contribution in [2.24, 2.45) is 23.7 Å². The van der Waals surface area contributed by atoms with Gasteiger partial charge < -0.3 is 46.1 Å². The third kappa shape index (κ3) is 14.2. The van der Waals surface area contributed by atoms with E-state index >= 15 is 0 Å². The minimum atomic E-state index is -5.12. The summed E-state index contributed by atoms with van der Waals surface area (Å²) in [6, 6.07) is -5.63. The van der Waals surface area contributed by atoms with E-state index in [1.807, 2.05) is 0 Å². The number of nitrogens with one attached hydrogen (secondary N) is 6. The number of benzene rings is 1. The lowest BCUT2D eigenvalue weighted by Crippen LogP contribution is -2.68. The number of carbonyl (C=O) groups excluding carboxylic acids is 8. The highest BCUT2D eigenvalue weighted by Crippen LogP contribution is 2.30. The molecule has 2 fully saturated rings. The summed E-state index contributed by atoms with van der Waals surface area (Å²) in [5.74, 6) is -11.2. The number of amides is 7. The Morgan fingerprint density at radius 1 is 0.954 bits per heavy atom. The Labute approximate surface area is 377 Å². The summed E-state index contributed by atoms with van der Waals surface area (Å²) in [5, 5.41) is 23.3. The Balaban J connectivity index is 2.33. The number of alkyl halides is 3. The average Bonchev–Trinajstić information content (AvgIpc) is 3.23. The molecule has 0 spiro atoms. The number of cyclic esters (lactones) is 1. The summed E-state index contributed by atoms with van der Waals surface area (Å²) in [4.78, 5) is 112. The van der Waals surface area contributed by atoms with Gasteiger partial charge >= 0.3 is 12.1 Å². The van der Waals surface area contributed by atoms with Gasteiger partial charge in [-0.3, -0.25) is 38.6 Å². The number of rotatable bonds is 13. The number of aliphatic hydroxyl groups excluding tert-OH is 1. The molecular formula is C43H65F3N8O11. The van der Waals surface area contributed by atoms with Gasteiger partial charge in [0.05, 0.1) is 19.1 Å². The van der Waals surface area contributed by atoms with Crippen LogP contribution in [0.1, 0.15) is 80.2 Å². The molecular weight excluding hydrogens is 862 g/mol. The molecule has 364 valence electrons. The predicted molar refractivity (Wildman–Crippen MR) is 228 cm³/mol. The number of nitrogens with zero attached hydrogens (tertiary/aromatic N) is 2. The molecule has 2 aliphatic rings. The maximum atomic E-state index is 14.7. The van der Waals surface area contributed by atoms with Crippen LogP contribution in [-0.4, -0.2) is 144 Å². The molecule has 2 heterocycles. The fourth-order valence-corrected chi connectivity index (χ4v) is 7.67.